The van der Waals surface area contributed by atoms with E-state index in [4.69, 9.17) is 7.85 Å². The van der Waals surface area contributed by atoms with Crippen molar-refractivity contribution < 1.29 is 4.79 Å². The Kier molecular flexibility index (Phi) is 4.56. The zero-order chi connectivity index (χ0) is 15.5. The second-order valence-corrected chi connectivity index (χ2v) is 6.44. The molecule has 1 N–H and O–H groups in total. The van der Waals surface area contributed by atoms with Crippen LogP contribution in [0.5, 0.6) is 0 Å². The first-order chi connectivity index (χ1) is 10.7. The SMILES string of the molecule is [B]c1cccc2c1c(C(=O)NCCC1CCCCC1)cn2C. The van der Waals surface area contributed by atoms with Crippen LogP contribution in [0.15, 0.2) is 24.4 Å². The average Bonchev–Trinajstić information content (AvgIpc) is 2.87. The molecule has 2 aromatic rings. The minimum atomic E-state index is -0.0145. The first kappa shape index (κ1) is 15.2. The predicted molar refractivity (Wildman–Crippen MR) is 91.8 cm³/mol. The Labute approximate surface area is 133 Å². The lowest BCUT2D eigenvalue weighted by Gasteiger charge is -2.21. The van der Waals surface area contributed by atoms with Crippen molar-refractivity contribution in [1.29, 1.82) is 0 Å². The van der Waals surface area contributed by atoms with Crippen molar-refractivity contribution in [3.05, 3.63) is 30.0 Å². The van der Waals surface area contributed by atoms with Crippen molar-refractivity contribution >= 4 is 30.1 Å². The molecule has 0 saturated heterocycles. The molecule has 1 fully saturated rings. The Bertz CT molecular complexity index is 671. The van der Waals surface area contributed by atoms with Crippen LogP contribution in [0.1, 0.15) is 48.9 Å². The fourth-order valence-corrected chi connectivity index (χ4v) is 3.61. The molecular weight excluding hydrogens is 271 g/mol. The van der Waals surface area contributed by atoms with Crippen LogP contribution in [-0.4, -0.2) is 24.9 Å². The molecule has 0 bridgehead atoms. The molecule has 0 spiro atoms. The van der Waals surface area contributed by atoms with E-state index in [0.29, 0.717) is 11.0 Å². The molecule has 0 atom stereocenters. The Morgan fingerprint density at radius 2 is 2.09 bits per heavy atom. The average molecular weight is 294 g/mol. The van der Waals surface area contributed by atoms with Crippen molar-refractivity contribution in [3.63, 3.8) is 0 Å². The Morgan fingerprint density at radius 1 is 1.32 bits per heavy atom. The fourth-order valence-electron chi connectivity index (χ4n) is 3.61. The highest BCUT2D eigenvalue weighted by Crippen LogP contribution is 2.26. The number of hydrogen-bond acceptors (Lipinski definition) is 1. The maximum absolute atomic E-state index is 12.5. The van der Waals surface area contributed by atoms with Crippen LogP contribution < -0.4 is 10.8 Å². The molecule has 1 aliphatic rings. The normalized spacial score (nSPS) is 16.0. The Morgan fingerprint density at radius 3 is 2.86 bits per heavy atom. The van der Waals surface area contributed by atoms with Gasteiger partial charge in [-0.15, -0.1) is 0 Å². The van der Waals surface area contributed by atoms with Gasteiger partial charge in [-0.25, -0.2) is 0 Å². The molecule has 4 heteroatoms. The molecule has 114 valence electrons. The van der Waals surface area contributed by atoms with Crippen LogP contribution in [0.4, 0.5) is 0 Å². The van der Waals surface area contributed by atoms with Crippen molar-refractivity contribution in [2.45, 2.75) is 38.5 Å². The number of hydrogen-bond donors (Lipinski definition) is 1. The van der Waals surface area contributed by atoms with Crippen molar-refractivity contribution in [3.8, 4) is 0 Å². The molecule has 1 amide bonds. The van der Waals surface area contributed by atoms with Gasteiger partial charge in [-0.05, 0) is 18.4 Å². The van der Waals surface area contributed by atoms with E-state index in [9.17, 15) is 4.79 Å². The number of nitrogens with one attached hydrogen (secondary N) is 1. The molecule has 2 radical (unpaired) electrons. The molecule has 0 aliphatic heterocycles. The monoisotopic (exact) mass is 294 g/mol. The summed E-state index contributed by atoms with van der Waals surface area (Å²) in [5, 5.41) is 3.93. The third-order valence-electron chi connectivity index (χ3n) is 4.85. The molecule has 3 rings (SSSR count). The highest BCUT2D eigenvalue weighted by atomic mass is 16.1. The number of amides is 1. The zero-order valence-corrected chi connectivity index (χ0v) is 13.3. The Balaban J connectivity index is 1.67. The lowest BCUT2D eigenvalue weighted by molar-refractivity contribution is 0.0952. The number of carbonyl (C=O) groups is 1. The van der Waals surface area contributed by atoms with Gasteiger partial charge in [-0.1, -0.05) is 49.7 Å². The molecule has 1 aromatic carbocycles. The van der Waals surface area contributed by atoms with Crippen LogP contribution >= 0.6 is 0 Å². The summed E-state index contributed by atoms with van der Waals surface area (Å²) in [6, 6.07) is 5.76. The molecule has 22 heavy (non-hydrogen) atoms. The van der Waals surface area contributed by atoms with E-state index in [-0.39, 0.29) is 5.91 Å². The van der Waals surface area contributed by atoms with Gasteiger partial charge in [0.25, 0.3) is 5.91 Å². The number of nitrogens with zero attached hydrogens (tertiary/aromatic N) is 1. The first-order valence-electron chi connectivity index (χ1n) is 8.28. The van der Waals surface area contributed by atoms with E-state index in [1.54, 1.807) is 0 Å². The molecular formula is C18H23BN2O. The number of aryl methyl sites for hydroxylation is 1. The quantitative estimate of drug-likeness (QED) is 0.864. The van der Waals surface area contributed by atoms with E-state index < -0.39 is 0 Å². The standard InChI is InChI=1S/C18H23BN2O/c1-21-12-14(17-15(19)8-5-9-16(17)21)18(22)20-11-10-13-6-3-2-4-7-13/h5,8-9,12-13H,2-4,6-7,10-11H2,1H3,(H,20,22). The summed E-state index contributed by atoms with van der Waals surface area (Å²) in [4.78, 5) is 12.5. The van der Waals surface area contributed by atoms with Crippen LogP contribution in [0.2, 0.25) is 0 Å². The highest BCUT2D eigenvalue weighted by molar-refractivity contribution is 6.40. The predicted octanol–water partition coefficient (Wildman–Crippen LogP) is 2.67. The molecule has 1 heterocycles. The van der Waals surface area contributed by atoms with Gasteiger partial charge < -0.3 is 9.88 Å². The Hall–Kier alpha value is -1.71. The van der Waals surface area contributed by atoms with E-state index in [0.717, 1.165) is 29.8 Å². The van der Waals surface area contributed by atoms with E-state index in [1.807, 2.05) is 36.0 Å². The number of benzene rings is 1. The van der Waals surface area contributed by atoms with Gasteiger partial charge in [0.2, 0.25) is 0 Å². The van der Waals surface area contributed by atoms with E-state index in [1.165, 1.54) is 32.1 Å². The molecule has 1 saturated carbocycles. The minimum absolute atomic E-state index is 0.0145. The van der Waals surface area contributed by atoms with Crippen LogP contribution in [-0.2, 0) is 7.05 Å². The molecule has 3 nitrogen and oxygen atoms in total. The maximum atomic E-state index is 12.5. The van der Waals surface area contributed by atoms with Gasteiger partial charge >= 0.3 is 0 Å². The number of carbonyl (C=O) groups excluding carboxylic acids is 1. The second-order valence-electron chi connectivity index (χ2n) is 6.44. The minimum Gasteiger partial charge on any atom is -0.352 e. The largest absolute Gasteiger partial charge is 0.352 e. The summed E-state index contributed by atoms with van der Waals surface area (Å²) in [6.07, 6.45) is 9.66. The summed E-state index contributed by atoms with van der Waals surface area (Å²) in [5.74, 6) is 0.769. The maximum Gasteiger partial charge on any atom is 0.253 e. The highest BCUT2D eigenvalue weighted by Gasteiger charge is 2.16. The second kappa shape index (κ2) is 6.59. The topological polar surface area (TPSA) is 34.0 Å². The van der Waals surface area contributed by atoms with Gasteiger partial charge in [0, 0.05) is 30.7 Å². The van der Waals surface area contributed by atoms with Crippen LogP contribution in [0, 0.1) is 5.92 Å². The van der Waals surface area contributed by atoms with Crippen LogP contribution in [0.25, 0.3) is 10.9 Å². The van der Waals surface area contributed by atoms with E-state index in [2.05, 4.69) is 5.32 Å². The van der Waals surface area contributed by atoms with Crippen molar-refractivity contribution in [1.82, 2.24) is 9.88 Å². The summed E-state index contributed by atoms with van der Waals surface area (Å²) in [6.45, 7) is 0.757. The first-order valence-corrected chi connectivity index (χ1v) is 8.28. The molecule has 1 aromatic heterocycles. The molecule has 1 aliphatic carbocycles. The zero-order valence-electron chi connectivity index (χ0n) is 13.3. The number of aromatic nitrogens is 1. The smallest absolute Gasteiger partial charge is 0.253 e. The third kappa shape index (κ3) is 3.06. The van der Waals surface area contributed by atoms with Crippen molar-refractivity contribution in [2.24, 2.45) is 13.0 Å². The summed E-state index contributed by atoms with van der Waals surface area (Å²) in [5.41, 5.74) is 2.34. The summed E-state index contributed by atoms with van der Waals surface area (Å²) >= 11 is 0. The number of rotatable bonds is 4. The van der Waals surface area contributed by atoms with Gasteiger partial charge in [-0.3, -0.25) is 4.79 Å². The summed E-state index contributed by atoms with van der Waals surface area (Å²) in [7, 11) is 8.01. The van der Waals surface area contributed by atoms with Crippen LogP contribution in [0.3, 0.4) is 0 Å². The van der Waals surface area contributed by atoms with Crippen molar-refractivity contribution in [2.75, 3.05) is 6.54 Å². The van der Waals surface area contributed by atoms with Gasteiger partial charge in [0.1, 0.15) is 7.85 Å². The fraction of sp³-hybridized carbons (Fsp3) is 0.500. The van der Waals surface area contributed by atoms with Gasteiger partial charge in [-0.2, -0.15) is 0 Å². The summed E-state index contributed by atoms with van der Waals surface area (Å²) < 4.78 is 1.96. The number of fused-ring (bicyclic) bond motifs is 1. The van der Waals surface area contributed by atoms with Gasteiger partial charge in [0.15, 0.2) is 0 Å². The van der Waals surface area contributed by atoms with Gasteiger partial charge in [0.05, 0.1) is 5.56 Å². The molecule has 0 unspecified atom stereocenters. The lowest BCUT2D eigenvalue weighted by atomic mass is 9.87. The lowest BCUT2D eigenvalue weighted by Crippen LogP contribution is -2.27. The third-order valence-corrected chi connectivity index (χ3v) is 4.85. The van der Waals surface area contributed by atoms with E-state index >= 15 is 0 Å².